The third kappa shape index (κ3) is 4.21. The average molecular weight is 385 g/mol. The molecule has 1 aliphatic rings. The number of anilines is 1. The second-order valence-corrected chi connectivity index (χ2v) is 8.05. The van der Waals surface area contributed by atoms with Crippen LogP contribution in [-0.2, 0) is 0 Å². The third-order valence-corrected chi connectivity index (χ3v) is 6.18. The molecule has 6 heteroatoms. The van der Waals surface area contributed by atoms with Crippen LogP contribution in [0.25, 0.3) is 10.6 Å². The van der Waals surface area contributed by atoms with Crippen LogP contribution < -0.4 is 10.2 Å². The van der Waals surface area contributed by atoms with Crippen molar-refractivity contribution in [2.24, 2.45) is 0 Å². The van der Waals surface area contributed by atoms with E-state index >= 15 is 0 Å². The Bertz CT molecular complexity index is 848. The molecule has 2 aromatic heterocycles. The van der Waals surface area contributed by atoms with Crippen LogP contribution in [0.15, 0.2) is 23.2 Å². The molecule has 1 N–H and O–H groups in total. The number of carbonyl (C=O) groups is 1. The average Bonchev–Trinajstić information content (AvgIpc) is 2.91. The largest absolute Gasteiger partial charge is 0.354 e. The lowest BCUT2D eigenvalue weighted by atomic mass is 10.0. The number of aromatic nitrogens is 2. The fourth-order valence-corrected chi connectivity index (χ4v) is 4.40. The minimum absolute atomic E-state index is 0.104. The first-order valence-corrected chi connectivity index (χ1v) is 10.5. The molecule has 1 fully saturated rings. The van der Waals surface area contributed by atoms with Gasteiger partial charge in [-0.2, -0.15) is 0 Å². The van der Waals surface area contributed by atoms with E-state index < -0.39 is 0 Å². The van der Waals surface area contributed by atoms with E-state index in [1.165, 1.54) is 12.8 Å². The summed E-state index contributed by atoms with van der Waals surface area (Å²) >= 11 is 1.64. The first kappa shape index (κ1) is 19.5. The van der Waals surface area contributed by atoms with E-state index in [1.807, 2.05) is 26.8 Å². The van der Waals surface area contributed by atoms with E-state index in [1.54, 1.807) is 11.3 Å². The Kier molecular flexibility index (Phi) is 6.26. The number of rotatable bonds is 4. The SMILES string of the molecule is C/C=C(\C)NC(=O)c1c(N2CCCCCC2)nnc(-c2sccc2C)c1C. The summed E-state index contributed by atoms with van der Waals surface area (Å²) in [5.74, 6) is 0.612. The molecule has 1 saturated heterocycles. The zero-order chi connectivity index (χ0) is 19.4. The predicted molar refractivity (Wildman–Crippen MR) is 112 cm³/mol. The lowest BCUT2D eigenvalue weighted by Crippen LogP contribution is -2.31. The molecular weight excluding hydrogens is 356 g/mol. The van der Waals surface area contributed by atoms with Crippen LogP contribution in [0.3, 0.4) is 0 Å². The van der Waals surface area contributed by atoms with E-state index in [0.29, 0.717) is 11.4 Å². The van der Waals surface area contributed by atoms with Gasteiger partial charge < -0.3 is 10.2 Å². The summed E-state index contributed by atoms with van der Waals surface area (Å²) in [6, 6.07) is 2.08. The maximum absolute atomic E-state index is 13.1. The van der Waals surface area contributed by atoms with Gasteiger partial charge in [0.25, 0.3) is 5.91 Å². The lowest BCUT2D eigenvalue weighted by molar-refractivity contribution is 0.0965. The van der Waals surface area contributed by atoms with Crippen molar-refractivity contribution in [3.05, 3.63) is 39.9 Å². The molecule has 27 heavy (non-hydrogen) atoms. The van der Waals surface area contributed by atoms with E-state index in [-0.39, 0.29) is 5.91 Å². The van der Waals surface area contributed by atoms with Gasteiger partial charge in [0.1, 0.15) is 5.69 Å². The van der Waals surface area contributed by atoms with Gasteiger partial charge in [-0.15, -0.1) is 21.5 Å². The highest BCUT2D eigenvalue weighted by Gasteiger charge is 2.25. The fourth-order valence-electron chi connectivity index (χ4n) is 3.43. The Morgan fingerprint density at radius 3 is 2.48 bits per heavy atom. The number of aryl methyl sites for hydroxylation is 1. The number of hydrogen-bond donors (Lipinski definition) is 1. The van der Waals surface area contributed by atoms with E-state index in [4.69, 9.17) is 0 Å². The number of allylic oxidation sites excluding steroid dienone is 2. The molecular formula is C21H28N4OS. The molecule has 0 spiro atoms. The Hall–Kier alpha value is -2.21. The van der Waals surface area contributed by atoms with Gasteiger partial charge in [-0.1, -0.05) is 18.9 Å². The van der Waals surface area contributed by atoms with Crippen molar-refractivity contribution in [2.45, 2.75) is 53.4 Å². The van der Waals surface area contributed by atoms with Crippen LogP contribution in [0.2, 0.25) is 0 Å². The van der Waals surface area contributed by atoms with Crippen molar-refractivity contribution >= 4 is 23.1 Å². The number of nitrogens with one attached hydrogen (secondary N) is 1. The van der Waals surface area contributed by atoms with Crippen molar-refractivity contribution in [2.75, 3.05) is 18.0 Å². The van der Waals surface area contributed by atoms with Crippen LogP contribution in [0, 0.1) is 13.8 Å². The molecule has 0 bridgehead atoms. The highest BCUT2D eigenvalue weighted by atomic mass is 32.1. The van der Waals surface area contributed by atoms with Crippen LogP contribution in [0.5, 0.6) is 0 Å². The maximum Gasteiger partial charge on any atom is 0.259 e. The Balaban J connectivity index is 2.11. The molecule has 1 aliphatic heterocycles. The summed E-state index contributed by atoms with van der Waals surface area (Å²) in [6.45, 7) is 9.73. The number of carbonyl (C=O) groups excluding carboxylic acids is 1. The molecule has 3 heterocycles. The monoisotopic (exact) mass is 384 g/mol. The third-order valence-electron chi connectivity index (χ3n) is 5.15. The van der Waals surface area contributed by atoms with Crippen LogP contribution in [0.1, 0.15) is 61.0 Å². The summed E-state index contributed by atoms with van der Waals surface area (Å²) in [6.07, 6.45) is 6.61. The van der Waals surface area contributed by atoms with Gasteiger partial charge in [-0.25, -0.2) is 0 Å². The molecule has 5 nitrogen and oxygen atoms in total. The van der Waals surface area contributed by atoms with Crippen molar-refractivity contribution in [1.29, 1.82) is 0 Å². The van der Waals surface area contributed by atoms with Crippen LogP contribution in [-0.4, -0.2) is 29.2 Å². The predicted octanol–water partition coefficient (Wildman–Crippen LogP) is 4.86. The number of hydrogen-bond acceptors (Lipinski definition) is 5. The molecule has 0 aliphatic carbocycles. The van der Waals surface area contributed by atoms with Gasteiger partial charge in [-0.3, -0.25) is 4.79 Å². The second kappa shape index (κ2) is 8.65. The summed E-state index contributed by atoms with van der Waals surface area (Å²) < 4.78 is 0. The second-order valence-electron chi connectivity index (χ2n) is 7.13. The van der Waals surface area contributed by atoms with Gasteiger partial charge in [0.05, 0.1) is 10.4 Å². The molecule has 2 aromatic rings. The van der Waals surface area contributed by atoms with E-state index in [2.05, 4.69) is 38.8 Å². The maximum atomic E-state index is 13.1. The zero-order valence-electron chi connectivity index (χ0n) is 16.6. The standard InChI is InChI=1S/C21H28N4OS/c1-5-15(3)22-21(26)17-16(4)18(19-14(2)10-13-27-19)23-24-20(17)25-11-8-6-7-9-12-25/h5,10,13H,6-9,11-12H2,1-4H3,(H,22,26)/b15-5+. The van der Waals surface area contributed by atoms with Gasteiger partial charge in [0, 0.05) is 18.8 Å². The molecule has 0 aromatic carbocycles. The zero-order valence-corrected chi connectivity index (χ0v) is 17.4. The minimum atomic E-state index is -0.104. The highest BCUT2D eigenvalue weighted by Crippen LogP contribution is 2.34. The normalized spacial score (nSPS) is 15.6. The Morgan fingerprint density at radius 1 is 1.19 bits per heavy atom. The van der Waals surface area contributed by atoms with Crippen LogP contribution >= 0.6 is 11.3 Å². The molecule has 0 radical (unpaired) electrons. The molecule has 0 atom stereocenters. The topological polar surface area (TPSA) is 58.1 Å². The smallest absolute Gasteiger partial charge is 0.259 e. The summed E-state index contributed by atoms with van der Waals surface area (Å²) in [5.41, 5.74) is 4.36. The molecule has 144 valence electrons. The number of nitrogens with zero attached hydrogens (tertiary/aromatic N) is 3. The van der Waals surface area contributed by atoms with Crippen molar-refractivity contribution < 1.29 is 4.79 Å². The van der Waals surface area contributed by atoms with Crippen LogP contribution in [0.4, 0.5) is 5.82 Å². The van der Waals surface area contributed by atoms with Gasteiger partial charge in [-0.05, 0) is 63.1 Å². The minimum Gasteiger partial charge on any atom is -0.354 e. The first-order chi connectivity index (χ1) is 13.0. The quantitative estimate of drug-likeness (QED) is 0.818. The number of amides is 1. The lowest BCUT2D eigenvalue weighted by Gasteiger charge is -2.25. The first-order valence-electron chi connectivity index (χ1n) is 9.64. The van der Waals surface area contributed by atoms with E-state index in [0.717, 1.165) is 53.3 Å². The van der Waals surface area contributed by atoms with Crippen molar-refractivity contribution in [3.8, 4) is 10.6 Å². The molecule has 3 rings (SSSR count). The molecule has 0 saturated carbocycles. The van der Waals surface area contributed by atoms with Gasteiger partial charge in [0.15, 0.2) is 5.82 Å². The summed E-state index contributed by atoms with van der Waals surface area (Å²) in [7, 11) is 0. The highest BCUT2D eigenvalue weighted by molar-refractivity contribution is 7.13. The Labute approximate surface area is 165 Å². The Morgan fingerprint density at radius 2 is 1.89 bits per heavy atom. The van der Waals surface area contributed by atoms with Crippen molar-refractivity contribution in [1.82, 2.24) is 15.5 Å². The van der Waals surface area contributed by atoms with E-state index in [9.17, 15) is 4.79 Å². The van der Waals surface area contributed by atoms with Gasteiger partial charge >= 0.3 is 0 Å². The fraction of sp³-hybridized carbons (Fsp3) is 0.476. The molecule has 0 unspecified atom stereocenters. The summed E-state index contributed by atoms with van der Waals surface area (Å²) in [5, 5.41) is 14.2. The summed E-state index contributed by atoms with van der Waals surface area (Å²) in [4.78, 5) is 16.5. The number of thiophene rings is 1. The molecule has 1 amide bonds. The van der Waals surface area contributed by atoms with Crippen molar-refractivity contribution in [3.63, 3.8) is 0 Å². The van der Waals surface area contributed by atoms with Gasteiger partial charge in [0.2, 0.25) is 0 Å².